The third-order valence-electron chi connectivity index (χ3n) is 3.81. The number of carbonyl (C=O) groups is 2. The number of aliphatic hydroxyl groups excluding tert-OH is 1. The molecule has 1 aliphatic heterocycles. The van der Waals surface area contributed by atoms with Crippen molar-refractivity contribution >= 4 is 33.4 Å². The first kappa shape index (κ1) is 18.7. The molecule has 0 aliphatic carbocycles. The van der Waals surface area contributed by atoms with Crippen LogP contribution in [0.5, 0.6) is 0 Å². The van der Waals surface area contributed by atoms with Crippen molar-refractivity contribution < 1.29 is 23.1 Å². The van der Waals surface area contributed by atoms with Gasteiger partial charge < -0.3 is 10.4 Å². The van der Waals surface area contributed by atoms with Crippen LogP contribution in [0.2, 0.25) is 0 Å². The minimum absolute atomic E-state index is 0.0204. The van der Waals surface area contributed by atoms with Gasteiger partial charge >= 0.3 is 12.1 Å². The zero-order valence-electron chi connectivity index (χ0n) is 13.3. The predicted molar refractivity (Wildman–Crippen MR) is 90.4 cm³/mol. The number of nitrogens with zero attached hydrogens (tertiary/aromatic N) is 2. The SMILES string of the molecule is CS(=O)(=O)N1CCN(C(=O)NCC[C@H](CCO)c2cccs2)C1=O. The fourth-order valence-corrected chi connectivity index (χ4v) is 4.26. The Balaban J connectivity index is 1.86. The van der Waals surface area contributed by atoms with E-state index in [2.05, 4.69) is 5.32 Å². The van der Waals surface area contributed by atoms with E-state index in [0.717, 1.165) is 16.0 Å². The molecule has 1 fully saturated rings. The summed E-state index contributed by atoms with van der Waals surface area (Å²) in [4.78, 5) is 26.1. The molecule has 1 aromatic heterocycles. The summed E-state index contributed by atoms with van der Waals surface area (Å²) >= 11 is 1.60. The smallest absolute Gasteiger partial charge is 0.341 e. The van der Waals surface area contributed by atoms with Crippen LogP contribution in [0.3, 0.4) is 0 Å². The van der Waals surface area contributed by atoms with E-state index < -0.39 is 22.1 Å². The molecule has 8 nitrogen and oxygen atoms in total. The average Bonchev–Trinajstić information content (AvgIpc) is 3.14. The summed E-state index contributed by atoms with van der Waals surface area (Å²) in [6.07, 6.45) is 2.17. The summed E-state index contributed by atoms with van der Waals surface area (Å²) in [5.74, 6) is 0.136. The standard InChI is InChI=1S/C14H21N3O5S2/c1-24(21,22)17-8-7-16(14(17)20)13(19)15-6-4-11(5-9-18)12-3-2-10-23-12/h2-3,10-11,18H,4-9H2,1H3,(H,15,19)/t11-/m1/s1. The van der Waals surface area contributed by atoms with Gasteiger partial charge in [0, 0.05) is 18.0 Å². The van der Waals surface area contributed by atoms with Gasteiger partial charge in [0.1, 0.15) is 0 Å². The molecule has 1 atom stereocenters. The maximum Gasteiger partial charge on any atom is 0.341 e. The number of hydrogen-bond donors (Lipinski definition) is 2. The fourth-order valence-electron chi connectivity index (χ4n) is 2.57. The van der Waals surface area contributed by atoms with Crippen molar-refractivity contribution in [2.75, 3.05) is 32.5 Å². The molecule has 134 valence electrons. The van der Waals surface area contributed by atoms with Crippen molar-refractivity contribution in [2.45, 2.75) is 18.8 Å². The molecule has 0 unspecified atom stereocenters. The van der Waals surface area contributed by atoms with Crippen LogP contribution >= 0.6 is 11.3 Å². The Morgan fingerprint density at radius 3 is 2.71 bits per heavy atom. The van der Waals surface area contributed by atoms with Crippen LogP contribution in [0.25, 0.3) is 0 Å². The molecule has 2 N–H and O–H groups in total. The molecule has 2 rings (SSSR count). The van der Waals surface area contributed by atoms with E-state index in [1.807, 2.05) is 17.5 Å². The first-order chi connectivity index (χ1) is 11.3. The summed E-state index contributed by atoms with van der Waals surface area (Å²) in [6, 6.07) is 2.51. The molecule has 0 aromatic carbocycles. The lowest BCUT2D eigenvalue weighted by atomic mass is 10.00. The zero-order valence-corrected chi connectivity index (χ0v) is 15.0. The third-order valence-corrected chi connectivity index (χ3v) is 5.98. The quantitative estimate of drug-likeness (QED) is 0.740. The molecule has 0 spiro atoms. The van der Waals surface area contributed by atoms with Gasteiger partial charge in [-0.1, -0.05) is 6.07 Å². The second-order valence-electron chi connectivity index (χ2n) is 5.51. The molecule has 2 heterocycles. The largest absolute Gasteiger partial charge is 0.396 e. The van der Waals surface area contributed by atoms with E-state index in [4.69, 9.17) is 5.11 Å². The summed E-state index contributed by atoms with van der Waals surface area (Å²) in [6.45, 7) is 0.421. The monoisotopic (exact) mass is 375 g/mol. The summed E-state index contributed by atoms with van der Waals surface area (Å²) in [5, 5.41) is 13.8. The number of urea groups is 2. The predicted octanol–water partition coefficient (Wildman–Crippen LogP) is 1.01. The van der Waals surface area contributed by atoms with Crippen molar-refractivity contribution in [1.82, 2.24) is 14.5 Å². The Hall–Kier alpha value is -1.65. The van der Waals surface area contributed by atoms with Gasteiger partial charge in [0.15, 0.2) is 0 Å². The van der Waals surface area contributed by atoms with E-state index in [1.54, 1.807) is 11.3 Å². The van der Waals surface area contributed by atoms with Crippen LogP contribution in [-0.2, 0) is 10.0 Å². The number of sulfonamides is 1. The van der Waals surface area contributed by atoms with E-state index in [9.17, 15) is 18.0 Å². The number of carbonyl (C=O) groups excluding carboxylic acids is 2. The van der Waals surface area contributed by atoms with E-state index in [-0.39, 0.29) is 25.6 Å². The third kappa shape index (κ3) is 4.46. The number of rotatable bonds is 7. The topological polar surface area (TPSA) is 107 Å². The molecular weight excluding hydrogens is 354 g/mol. The Bertz CT molecular complexity index is 675. The van der Waals surface area contributed by atoms with Gasteiger partial charge in [0.2, 0.25) is 10.0 Å². The maximum absolute atomic E-state index is 12.1. The Morgan fingerprint density at radius 2 is 2.17 bits per heavy atom. The van der Waals surface area contributed by atoms with E-state index >= 15 is 0 Å². The van der Waals surface area contributed by atoms with Gasteiger partial charge in [-0.05, 0) is 30.2 Å². The molecular formula is C14H21N3O5S2. The van der Waals surface area contributed by atoms with Crippen molar-refractivity contribution in [2.24, 2.45) is 0 Å². The number of amides is 4. The average molecular weight is 375 g/mol. The Kier molecular flexibility index (Phi) is 6.19. The highest BCUT2D eigenvalue weighted by Crippen LogP contribution is 2.26. The Morgan fingerprint density at radius 1 is 1.42 bits per heavy atom. The minimum atomic E-state index is -3.65. The van der Waals surface area contributed by atoms with Crippen molar-refractivity contribution in [3.05, 3.63) is 22.4 Å². The van der Waals surface area contributed by atoms with Crippen LogP contribution in [0, 0.1) is 0 Å². The lowest BCUT2D eigenvalue weighted by molar-refractivity contribution is 0.193. The summed E-state index contributed by atoms with van der Waals surface area (Å²) in [5.41, 5.74) is 0. The van der Waals surface area contributed by atoms with Gasteiger partial charge in [0.25, 0.3) is 0 Å². The molecule has 10 heteroatoms. The lowest BCUT2D eigenvalue weighted by Crippen LogP contribution is -2.44. The van der Waals surface area contributed by atoms with Crippen LogP contribution in [0.15, 0.2) is 17.5 Å². The van der Waals surface area contributed by atoms with Crippen LogP contribution in [0.1, 0.15) is 23.6 Å². The minimum Gasteiger partial charge on any atom is -0.396 e. The number of imide groups is 1. The maximum atomic E-state index is 12.1. The second-order valence-corrected chi connectivity index (χ2v) is 8.40. The molecule has 4 amide bonds. The molecule has 1 aliphatic rings. The molecule has 24 heavy (non-hydrogen) atoms. The second kappa shape index (κ2) is 7.95. The normalized spacial score (nSPS) is 16.5. The first-order valence-electron chi connectivity index (χ1n) is 7.56. The molecule has 0 radical (unpaired) electrons. The highest BCUT2D eigenvalue weighted by atomic mass is 32.2. The van der Waals surface area contributed by atoms with Crippen molar-refractivity contribution in [3.63, 3.8) is 0 Å². The van der Waals surface area contributed by atoms with Gasteiger partial charge in [0.05, 0.1) is 19.3 Å². The van der Waals surface area contributed by atoms with E-state index in [0.29, 0.717) is 23.7 Å². The zero-order chi connectivity index (χ0) is 17.7. The van der Waals surface area contributed by atoms with Gasteiger partial charge in [-0.2, -0.15) is 0 Å². The van der Waals surface area contributed by atoms with Gasteiger partial charge in [-0.3, -0.25) is 0 Å². The lowest BCUT2D eigenvalue weighted by Gasteiger charge is -2.18. The Labute approximate surface area is 145 Å². The molecule has 0 saturated carbocycles. The number of nitrogens with one attached hydrogen (secondary N) is 1. The van der Waals surface area contributed by atoms with Crippen molar-refractivity contribution in [1.29, 1.82) is 0 Å². The summed E-state index contributed by atoms with van der Waals surface area (Å²) in [7, 11) is -3.65. The molecule has 0 bridgehead atoms. The highest BCUT2D eigenvalue weighted by Gasteiger charge is 2.38. The number of hydrogen-bond acceptors (Lipinski definition) is 6. The highest BCUT2D eigenvalue weighted by molar-refractivity contribution is 7.88. The molecule has 1 aromatic rings. The fraction of sp³-hybridized carbons (Fsp3) is 0.571. The van der Waals surface area contributed by atoms with E-state index in [1.165, 1.54) is 0 Å². The van der Waals surface area contributed by atoms with Crippen LogP contribution in [-0.4, -0.2) is 67.3 Å². The van der Waals surface area contributed by atoms with Gasteiger partial charge in [-0.25, -0.2) is 27.2 Å². The van der Waals surface area contributed by atoms with Crippen LogP contribution < -0.4 is 5.32 Å². The number of aliphatic hydroxyl groups is 1. The molecule has 1 saturated heterocycles. The first-order valence-corrected chi connectivity index (χ1v) is 10.3. The number of thiophene rings is 1. The van der Waals surface area contributed by atoms with Crippen molar-refractivity contribution in [3.8, 4) is 0 Å². The van der Waals surface area contributed by atoms with Crippen LogP contribution in [0.4, 0.5) is 9.59 Å². The summed E-state index contributed by atoms with van der Waals surface area (Å²) < 4.78 is 23.6. The van der Waals surface area contributed by atoms with Gasteiger partial charge in [-0.15, -0.1) is 11.3 Å².